The number of methoxy groups -OCH3 is 2. The lowest BCUT2D eigenvalue weighted by molar-refractivity contribution is -0.217. The van der Waals surface area contributed by atoms with Crippen LogP contribution in [0.1, 0.15) is 88.6 Å². The molecule has 12 nitrogen and oxygen atoms in total. The predicted octanol–water partition coefficient (Wildman–Crippen LogP) is 5.54. The van der Waals surface area contributed by atoms with Gasteiger partial charge in [-0.15, -0.1) is 0 Å². The number of hydrogen-bond donors (Lipinski definition) is 3. The second-order valence-electron chi connectivity index (χ2n) is 18.7. The number of rotatable bonds is 10. The van der Waals surface area contributed by atoms with E-state index in [2.05, 4.69) is 87.4 Å². The third kappa shape index (κ3) is 5.90. The minimum atomic E-state index is -1.73. The molecule has 61 heavy (non-hydrogen) atoms. The monoisotopic (exact) mass is 833 g/mol. The molecule has 1 spiro atoms. The zero-order chi connectivity index (χ0) is 43.1. The standard InChI is InChI=1S/C49H63N5O7/c1-8-14-40(56)50-29-49(58)43-47(19-22-54-20-13-18-46(10-3,42(47)54)44(49)61-30(4)55)35-24-36(39(59-6)25-38(35)52(43)5)48(45(57)60-7)26-32-23-31(9-2)27-53(28-32)21-17-34-33-15-11-12-16-37(33)51-41(34)48/h11-13,15-16,18,23-25,32,42-44,51,58H,8-10,14,17,19-22,26-29H2,1-7H3,(H,50,56)/t32-,42?,43+,44+,46+,47+,48-,49-/m0/s1. The molecule has 3 aromatic rings. The maximum Gasteiger partial charge on any atom is 0.322 e. The molecule has 1 aliphatic carbocycles. The van der Waals surface area contributed by atoms with Crippen molar-refractivity contribution in [2.24, 2.45) is 11.3 Å². The van der Waals surface area contributed by atoms with E-state index in [-0.39, 0.29) is 30.4 Å². The van der Waals surface area contributed by atoms with Crippen LogP contribution < -0.4 is 15.0 Å². The molecule has 12 heteroatoms. The quantitative estimate of drug-likeness (QED) is 0.177. The molecule has 9 atom stereocenters. The number of fused-ring (bicyclic) bond motifs is 6. The molecule has 0 radical (unpaired) electrons. The van der Waals surface area contributed by atoms with Crippen LogP contribution in [0.5, 0.6) is 5.75 Å². The Morgan fingerprint density at radius 1 is 1.05 bits per heavy atom. The van der Waals surface area contributed by atoms with E-state index < -0.39 is 40.0 Å². The van der Waals surface area contributed by atoms with Crippen molar-refractivity contribution in [1.29, 1.82) is 0 Å². The number of aromatic amines is 1. The van der Waals surface area contributed by atoms with Crippen molar-refractivity contribution in [3.63, 3.8) is 0 Å². The average molecular weight is 834 g/mol. The first kappa shape index (κ1) is 41.7. The lowest BCUT2D eigenvalue weighted by atomic mass is 9.47. The number of aromatic nitrogens is 1. The van der Waals surface area contributed by atoms with Gasteiger partial charge in [-0.1, -0.05) is 62.8 Å². The van der Waals surface area contributed by atoms with Crippen LogP contribution in [-0.4, -0.2) is 122 Å². The fraction of sp³-hybridized carbons (Fsp3) is 0.571. The highest BCUT2D eigenvalue weighted by molar-refractivity contribution is 5.94. The normalized spacial score (nSPS) is 33.6. The van der Waals surface area contributed by atoms with E-state index in [0.29, 0.717) is 37.9 Å². The molecule has 1 aromatic heterocycles. The third-order valence-electron chi connectivity index (χ3n) is 15.7. The fourth-order valence-electron chi connectivity index (χ4n) is 13.6. The Hall–Kier alpha value is -4.65. The van der Waals surface area contributed by atoms with Gasteiger partial charge in [-0.3, -0.25) is 24.2 Å². The van der Waals surface area contributed by atoms with Crippen molar-refractivity contribution in [1.82, 2.24) is 20.1 Å². The summed E-state index contributed by atoms with van der Waals surface area (Å²) in [5.74, 6) is -0.399. The second-order valence-corrected chi connectivity index (χ2v) is 18.7. The van der Waals surface area contributed by atoms with Crippen molar-refractivity contribution in [3.8, 4) is 5.75 Å². The van der Waals surface area contributed by atoms with Gasteiger partial charge in [0.2, 0.25) is 5.91 Å². The molecule has 1 saturated carbocycles. The lowest BCUT2D eigenvalue weighted by Crippen LogP contribution is -2.81. The highest BCUT2D eigenvalue weighted by Gasteiger charge is 2.78. The summed E-state index contributed by atoms with van der Waals surface area (Å²) in [7, 11) is 5.15. The Morgan fingerprint density at radius 2 is 1.85 bits per heavy atom. The molecule has 1 saturated heterocycles. The summed E-state index contributed by atoms with van der Waals surface area (Å²) in [6.07, 6.45) is 10.2. The number of amides is 1. The Labute approximate surface area is 359 Å². The van der Waals surface area contributed by atoms with Crippen molar-refractivity contribution in [2.45, 2.75) is 107 Å². The van der Waals surface area contributed by atoms with Crippen LogP contribution in [0.25, 0.3) is 10.9 Å². The Kier molecular flexibility index (Phi) is 10.5. The molecule has 2 bridgehead atoms. The highest BCUT2D eigenvalue weighted by atomic mass is 16.6. The van der Waals surface area contributed by atoms with E-state index in [4.69, 9.17) is 14.2 Å². The summed E-state index contributed by atoms with van der Waals surface area (Å²) in [5, 5.41) is 17.9. The van der Waals surface area contributed by atoms with Gasteiger partial charge in [-0.25, -0.2) is 0 Å². The summed E-state index contributed by atoms with van der Waals surface area (Å²) in [5.41, 5.74) is 2.36. The summed E-state index contributed by atoms with van der Waals surface area (Å²) in [6, 6.07) is 11.8. The minimum absolute atomic E-state index is 0.0425. The maximum absolute atomic E-state index is 15.4. The van der Waals surface area contributed by atoms with E-state index in [0.717, 1.165) is 84.5 Å². The van der Waals surface area contributed by atoms with Gasteiger partial charge in [0.25, 0.3) is 0 Å². The number of anilines is 1. The topological polar surface area (TPSA) is 137 Å². The van der Waals surface area contributed by atoms with Crippen LogP contribution >= 0.6 is 0 Å². The number of nitrogens with one attached hydrogen (secondary N) is 2. The van der Waals surface area contributed by atoms with Gasteiger partial charge in [0.1, 0.15) is 22.9 Å². The highest BCUT2D eigenvalue weighted by Crippen LogP contribution is 2.68. The van der Waals surface area contributed by atoms with Gasteiger partial charge >= 0.3 is 11.9 Å². The van der Waals surface area contributed by atoms with Crippen LogP contribution in [0.3, 0.4) is 0 Å². The average Bonchev–Trinajstić information content (AvgIpc) is 3.92. The molecule has 6 aliphatic rings. The zero-order valence-electron chi connectivity index (χ0n) is 36.9. The zero-order valence-corrected chi connectivity index (χ0v) is 36.9. The maximum atomic E-state index is 15.4. The molecule has 2 aromatic carbocycles. The summed E-state index contributed by atoms with van der Waals surface area (Å²) in [6.45, 7) is 11.6. The lowest BCUT2D eigenvalue weighted by Gasteiger charge is -2.64. The third-order valence-corrected chi connectivity index (χ3v) is 15.7. The number of ether oxygens (including phenoxy) is 3. The van der Waals surface area contributed by atoms with Gasteiger partial charge in [-0.05, 0) is 74.2 Å². The molecule has 2 fully saturated rings. The van der Waals surface area contributed by atoms with Crippen molar-refractivity contribution in [3.05, 3.63) is 82.6 Å². The number of para-hydroxylation sites is 1. The smallest absolute Gasteiger partial charge is 0.322 e. The van der Waals surface area contributed by atoms with Crippen LogP contribution in [0, 0.1) is 11.3 Å². The Morgan fingerprint density at radius 3 is 2.57 bits per heavy atom. The molecular weight excluding hydrogens is 771 g/mol. The molecular formula is C49H63N5O7. The van der Waals surface area contributed by atoms with Crippen LogP contribution in [0.15, 0.2) is 60.2 Å². The van der Waals surface area contributed by atoms with E-state index >= 15 is 4.79 Å². The number of likely N-dealkylation sites (N-methyl/N-ethyl adjacent to an activating group) is 1. The molecule has 3 N–H and O–H groups in total. The number of nitrogens with zero attached hydrogens (tertiary/aromatic N) is 3. The number of H-pyrrole nitrogens is 1. The number of esters is 2. The fourth-order valence-corrected chi connectivity index (χ4v) is 13.6. The summed E-state index contributed by atoms with van der Waals surface area (Å²) < 4.78 is 18.8. The first-order valence-electron chi connectivity index (χ1n) is 22.5. The van der Waals surface area contributed by atoms with Crippen molar-refractivity contribution in [2.75, 3.05) is 65.4 Å². The van der Waals surface area contributed by atoms with E-state index in [9.17, 15) is 14.7 Å². The van der Waals surface area contributed by atoms with Crippen molar-refractivity contribution >= 4 is 34.4 Å². The van der Waals surface area contributed by atoms with Crippen LogP contribution in [0.2, 0.25) is 0 Å². The molecule has 6 heterocycles. The predicted molar refractivity (Wildman–Crippen MR) is 235 cm³/mol. The van der Waals surface area contributed by atoms with Gasteiger partial charge in [-0.2, -0.15) is 0 Å². The number of benzene rings is 2. The molecule has 326 valence electrons. The minimum Gasteiger partial charge on any atom is -0.496 e. The number of carbonyl (C=O) groups excluding carboxylic acids is 3. The van der Waals surface area contributed by atoms with Gasteiger partial charge in [0, 0.05) is 97.4 Å². The Balaban J connectivity index is 1.34. The second kappa shape index (κ2) is 15.3. The van der Waals surface area contributed by atoms with E-state index in [1.807, 2.05) is 20.0 Å². The molecule has 5 aliphatic heterocycles. The molecule has 9 rings (SSSR count). The first-order chi connectivity index (χ1) is 29.4. The summed E-state index contributed by atoms with van der Waals surface area (Å²) >= 11 is 0. The SMILES string of the molecule is CCCC(=O)NC[C@@]1(O)[C@H](OC(C)=O)[C@]2(CC)C=CCN3CC[C@@]4(c5cc([C@@]6(C(=O)OC)C[C@@H]7C=C(CC)CN(CCc8c6[nH]c6ccccc86)C7)c(OC)cc5N(C)[C@@H]14)C32. The van der Waals surface area contributed by atoms with E-state index in [1.165, 1.54) is 19.6 Å². The Bertz CT molecular complexity index is 2320. The van der Waals surface area contributed by atoms with Crippen LogP contribution in [-0.2, 0) is 41.1 Å². The van der Waals surface area contributed by atoms with Crippen LogP contribution in [0.4, 0.5) is 5.69 Å². The van der Waals surface area contributed by atoms with Gasteiger partial charge in [0.15, 0.2) is 0 Å². The molecule has 2 unspecified atom stereocenters. The number of aliphatic hydroxyl groups is 1. The largest absolute Gasteiger partial charge is 0.496 e. The van der Waals surface area contributed by atoms with E-state index in [1.54, 1.807) is 7.11 Å². The molecule has 1 amide bonds. The summed E-state index contributed by atoms with van der Waals surface area (Å²) in [4.78, 5) is 52.9. The number of carbonyl (C=O) groups is 3. The number of hydrogen-bond acceptors (Lipinski definition) is 10. The van der Waals surface area contributed by atoms with Gasteiger partial charge in [0.05, 0.1) is 26.8 Å². The van der Waals surface area contributed by atoms with Gasteiger partial charge < -0.3 is 34.5 Å². The van der Waals surface area contributed by atoms with Crippen molar-refractivity contribution < 1.29 is 33.7 Å². The first-order valence-corrected chi connectivity index (χ1v) is 22.5.